The first kappa shape index (κ1) is 13.1. The molecule has 8 heteroatoms. The molecule has 1 N–H and O–H groups in total. The zero-order valence-electron chi connectivity index (χ0n) is 8.90. The van der Waals surface area contributed by atoms with E-state index < -0.39 is 0 Å². The number of anilines is 1. The van der Waals surface area contributed by atoms with Crippen LogP contribution in [-0.2, 0) is 11.3 Å². The van der Waals surface area contributed by atoms with Crippen molar-refractivity contribution in [2.24, 2.45) is 0 Å². The number of rotatable bonds is 3. The van der Waals surface area contributed by atoms with Gasteiger partial charge in [0.05, 0.1) is 0 Å². The quantitative estimate of drug-likeness (QED) is 0.948. The highest BCUT2D eigenvalue weighted by atomic mass is 35.5. The van der Waals surface area contributed by atoms with Gasteiger partial charge in [-0.3, -0.25) is 4.79 Å². The predicted molar refractivity (Wildman–Crippen MR) is 70.1 cm³/mol. The Labute approximate surface area is 118 Å². The van der Waals surface area contributed by atoms with Gasteiger partial charge in [-0.2, -0.15) is 4.98 Å². The first-order valence-electron chi connectivity index (χ1n) is 4.86. The average molecular weight is 306 g/mol. The Morgan fingerprint density at radius 3 is 2.44 bits per heavy atom. The molecular formula is C10H7Cl3N4O. The lowest BCUT2D eigenvalue weighted by Gasteiger charge is -2.05. The fourth-order valence-corrected chi connectivity index (χ4v) is 1.79. The van der Waals surface area contributed by atoms with E-state index in [1.54, 1.807) is 24.3 Å². The molecule has 1 aromatic carbocycles. The molecule has 0 fully saturated rings. The van der Waals surface area contributed by atoms with E-state index in [1.165, 1.54) is 4.68 Å². The van der Waals surface area contributed by atoms with Gasteiger partial charge in [0, 0.05) is 10.7 Å². The van der Waals surface area contributed by atoms with E-state index in [4.69, 9.17) is 34.8 Å². The molecule has 0 radical (unpaired) electrons. The molecule has 0 saturated carbocycles. The Morgan fingerprint density at radius 2 is 1.89 bits per heavy atom. The van der Waals surface area contributed by atoms with E-state index in [9.17, 15) is 4.79 Å². The molecule has 2 rings (SSSR count). The third-order valence-corrected chi connectivity index (χ3v) is 2.71. The van der Waals surface area contributed by atoms with E-state index in [1.807, 2.05) is 0 Å². The molecule has 0 aliphatic heterocycles. The smallest absolute Gasteiger partial charge is 0.246 e. The second-order valence-corrected chi connectivity index (χ2v) is 4.48. The Kier molecular flexibility index (Phi) is 4.06. The van der Waals surface area contributed by atoms with Gasteiger partial charge in [-0.05, 0) is 47.5 Å². The van der Waals surface area contributed by atoms with Crippen molar-refractivity contribution < 1.29 is 4.79 Å². The lowest BCUT2D eigenvalue weighted by Crippen LogP contribution is -2.19. The number of nitrogens with one attached hydrogen (secondary N) is 1. The van der Waals surface area contributed by atoms with Crippen molar-refractivity contribution in [1.82, 2.24) is 14.8 Å². The largest absolute Gasteiger partial charge is 0.324 e. The summed E-state index contributed by atoms with van der Waals surface area (Å²) in [5.74, 6) is -0.291. The number of aromatic nitrogens is 3. The van der Waals surface area contributed by atoms with E-state index in [0.717, 1.165) is 0 Å². The third kappa shape index (κ3) is 3.35. The van der Waals surface area contributed by atoms with E-state index in [0.29, 0.717) is 10.7 Å². The molecule has 0 bridgehead atoms. The minimum absolute atomic E-state index is 0.000655. The van der Waals surface area contributed by atoms with Gasteiger partial charge in [-0.1, -0.05) is 11.6 Å². The molecule has 0 aliphatic rings. The van der Waals surface area contributed by atoms with Crippen LogP contribution in [0.4, 0.5) is 5.69 Å². The standard InChI is InChI=1S/C10H7Cl3N4O/c11-6-1-3-7(4-2-6)14-8(18)5-17-10(13)15-9(12)16-17/h1-4H,5H2,(H,14,18). The average Bonchev–Trinajstić information content (AvgIpc) is 2.61. The third-order valence-electron chi connectivity index (χ3n) is 2.02. The minimum Gasteiger partial charge on any atom is -0.324 e. The summed E-state index contributed by atoms with van der Waals surface area (Å²) in [5, 5.41) is 7.09. The lowest BCUT2D eigenvalue weighted by molar-refractivity contribution is -0.116. The van der Waals surface area contributed by atoms with Crippen LogP contribution in [0.25, 0.3) is 0 Å². The Balaban J connectivity index is 2.01. The Morgan fingerprint density at radius 1 is 1.22 bits per heavy atom. The summed E-state index contributed by atoms with van der Waals surface area (Å²) >= 11 is 17.0. The second kappa shape index (κ2) is 5.56. The fourth-order valence-electron chi connectivity index (χ4n) is 1.27. The molecule has 94 valence electrons. The Bertz CT molecular complexity index is 567. The van der Waals surface area contributed by atoms with Crippen molar-refractivity contribution in [1.29, 1.82) is 0 Å². The molecule has 1 heterocycles. The van der Waals surface area contributed by atoms with Crippen LogP contribution < -0.4 is 5.32 Å². The van der Waals surface area contributed by atoms with Crippen LogP contribution in [0, 0.1) is 0 Å². The highest BCUT2D eigenvalue weighted by Crippen LogP contribution is 2.14. The molecule has 0 atom stereocenters. The van der Waals surface area contributed by atoms with Crippen molar-refractivity contribution in [2.45, 2.75) is 6.54 Å². The summed E-state index contributed by atoms with van der Waals surface area (Å²) in [6.45, 7) is -0.0683. The SMILES string of the molecule is O=C(Cn1nc(Cl)nc1Cl)Nc1ccc(Cl)cc1. The van der Waals surface area contributed by atoms with Crippen LogP contribution in [-0.4, -0.2) is 20.7 Å². The number of hydrogen-bond acceptors (Lipinski definition) is 3. The van der Waals surface area contributed by atoms with Gasteiger partial charge >= 0.3 is 0 Å². The number of carbonyl (C=O) groups is 1. The molecule has 0 spiro atoms. The zero-order valence-corrected chi connectivity index (χ0v) is 11.2. The number of carbonyl (C=O) groups excluding carboxylic acids is 1. The summed E-state index contributed by atoms with van der Waals surface area (Å²) in [7, 11) is 0. The van der Waals surface area contributed by atoms with Gasteiger partial charge in [-0.15, -0.1) is 5.10 Å². The van der Waals surface area contributed by atoms with Crippen LogP contribution in [0.2, 0.25) is 15.6 Å². The minimum atomic E-state index is -0.291. The zero-order chi connectivity index (χ0) is 13.1. The van der Waals surface area contributed by atoms with Gasteiger partial charge in [0.25, 0.3) is 0 Å². The van der Waals surface area contributed by atoms with Crippen molar-refractivity contribution >= 4 is 46.4 Å². The van der Waals surface area contributed by atoms with Crippen molar-refractivity contribution in [2.75, 3.05) is 5.32 Å². The second-order valence-electron chi connectivity index (χ2n) is 3.36. The molecule has 5 nitrogen and oxygen atoms in total. The van der Waals surface area contributed by atoms with Gasteiger partial charge in [0.2, 0.25) is 16.5 Å². The van der Waals surface area contributed by atoms with Crippen LogP contribution in [0.3, 0.4) is 0 Å². The predicted octanol–water partition coefficient (Wildman–Crippen LogP) is 2.88. The molecule has 2 aromatic rings. The molecule has 18 heavy (non-hydrogen) atoms. The maximum Gasteiger partial charge on any atom is 0.246 e. The van der Waals surface area contributed by atoms with Gasteiger partial charge in [0.15, 0.2) is 0 Å². The van der Waals surface area contributed by atoms with E-state index >= 15 is 0 Å². The summed E-state index contributed by atoms with van der Waals surface area (Å²) in [4.78, 5) is 15.4. The molecule has 0 saturated heterocycles. The lowest BCUT2D eigenvalue weighted by atomic mass is 10.3. The molecular weight excluding hydrogens is 298 g/mol. The molecule has 1 aromatic heterocycles. The van der Waals surface area contributed by atoms with Crippen molar-refractivity contribution in [3.63, 3.8) is 0 Å². The summed E-state index contributed by atoms with van der Waals surface area (Å²) in [5.41, 5.74) is 0.631. The first-order valence-corrected chi connectivity index (χ1v) is 5.99. The molecule has 0 unspecified atom stereocenters. The normalized spacial score (nSPS) is 10.4. The maximum absolute atomic E-state index is 11.7. The van der Waals surface area contributed by atoms with Gasteiger partial charge in [-0.25, -0.2) is 4.68 Å². The first-order chi connectivity index (χ1) is 8.54. The van der Waals surface area contributed by atoms with Gasteiger partial charge < -0.3 is 5.32 Å². The van der Waals surface area contributed by atoms with Crippen LogP contribution in [0.5, 0.6) is 0 Å². The fraction of sp³-hybridized carbons (Fsp3) is 0.100. The Hall–Kier alpha value is -1.30. The summed E-state index contributed by atoms with van der Waals surface area (Å²) in [6, 6.07) is 6.74. The van der Waals surface area contributed by atoms with Crippen molar-refractivity contribution in [3.05, 3.63) is 39.9 Å². The van der Waals surface area contributed by atoms with Crippen molar-refractivity contribution in [3.8, 4) is 0 Å². The number of hydrogen-bond donors (Lipinski definition) is 1. The number of amides is 1. The molecule has 1 amide bonds. The molecule has 0 aliphatic carbocycles. The van der Waals surface area contributed by atoms with Crippen LogP contribution in [0.1, 0.15) is 0 Å². The van der Waals surface area contributed by atoms with E-state index in [-0.39, 0.29) is 23.0 Å². The monoisotopic (exact) mass is 304 g/mol. The number of halogens is 3. The van der Waals surface area contributed by atoms with E-state index in [2.05, 4.69) is 15.4 Å². The number of nitrogens with zero attached hydrogens (tertiary/aromatic N) is 3. The van der Waals surface area contributed by atoms with Crippen LogP contribution in [0.15, 0.2) is 24.3 Å². The van der Waals surface area contributed by atoms with Crippen LogP contribution >= 0.6 is 34.8 Å². The number of benzene rings is 1. The summed E-state index contributed by atoms with van der Waals surface area (Å²) < 4.78 is 1.20. The van der Waals surface area contributed by atoms with Gasteiger partial charge in [0.1, 0.15) is 6.54 Å². The topological polar surface area (TPSA) is 59.8 Å². The highest BCUT2D eigenvalue weighted by Gasteiger charge is 2.10. The summed E-state index contributed by atoms with van der Waals surface area (Å²) in [6.07, 6.45) is 0. The maximum atomic E-state index is 11.7. The highest BCUT2D eigenvalue weighted by molar-refractivity contribution is 6.31.